The van der Waals surface area contributed by atoms with Crippen LogP contribution in [0, 0.1) is 5.92 Å². The van der Waals surface area contributed by atoms with Crippen LogP contribution in [0.25, 0.3) is 0 Å². The summed E-state index contributed by atoms with van der Waals surface area (Å²) in [6, 6.07) is -0.169. The summed E-state index contributed by atoms with van der Waals surface area (Å²) in [6.45, 7) is 5.04. The number of nitrogens with one attached hydrogen (secondary N) is 2. The molecular formula is C16H27N3O2S. The molecule has 2 amide bonds. The van der Waals surface area contributed by atoms with Gasteiger partial charge in [0.2, 0.25) is 0 Å². The quantitative estimate of drug-likeness (QED) is 0.720. The van der Waals surface area contributed by atoms with Crippen LogP contribution in [0.5, 0.6) is 0 Å². The average molecular weight is 325 g/mol. The third-order valence-electron chi connectivity index (χ3n) is 4.01. The number of amides is 2. The van der Waals surface area contributed by atoms with Crippen LogP contribution in [0.4, 0.5) is 4.79 Å². The zero-order chi connectivity index (χ0) is 15.9. The molecule has 0 aromatic carbocycles. The highest BCUT2D eigenvalue weighted by atomic mass is 32.1. The lowest BCUT2D eigenvalue weighted by atomic mass is 10.0. The molecule has 1 aromatic heterocycles. The summed E-state index contributed by atoms with van der Waals surface area (Å²) in [5.41, 5.74) is 1.28. The van der Waals surface area contributed by atoms with Crippen molar-refractivity contribution in [2.24, 2.45) is 5.92 Å². The number of hydrogen-bond donors (Lipinski definition) is 3. The van der Waals surface area contributed by atoms with E-state index in [1.54, 1.807) is 11.3 Å². The minimum Gasteiger partial charge on any atom is -0.393 e. The van der Waals surface area contributed by atoms with Gasteiger partial charge in [-0.15, -0.1) is 11.3 Å². The second-order valence-electron chi connectivity index (χ2n) is 6.22. The molecule has 1 atom stereocenters. The van der Waals surface area contributed by atoms with Crippen LogP contribution in [-0.4, -0.2) is 35.3 Å². The third-order valence-corrected chi connectivity index (χ3v) is 5.23. The van der Waals surface area contributed by atoms with Gasteiger partial charge in [0.05, 0.1) is 16.8 Å². The summed E-state index contributed by atoms with van der Waals surface area (Å²) in [5, 5.41) is 16.4. The lowest BCUT2D eigenvalue weighted by molar-refractivity contribution is 0.116. The van der Waals surface area contributed by atoms with Crippen LogP contribution in [0.2, 0.25) is 0 Å². The number of aryl methyl sites for hydroxylation is 2. The second kappa shape index (κ2) is 8.48. The standard InChI is InChI=1S/C16H27N3O2S/c1-11(2)13(20)7-9-17-16(21)18-10-8-15-19-12-5-3-4-6-14(12)22-15/h11,13,20H,3-10H2,1-2H3,(H2,17,18,21). The number of nitrogens with zero attached hydrogens (tertiary/aromatic N) is 1. The molecule has 124 valence electrons. The fraction of sp³-hybridized carbons (Fsp3) is 0.750. The first kappa shape index (κ1) is 17.2. The minimum atomic E-state index is -0.359. The van der Waals surface area contributed by atoms with E-state index in [9.17, 15) is 9.90 Å². The maximum atomic E-state index is 11.7. The largest absolute Gasteiger partial charge is 0.393 e. The Kier molecular flexibility index (Phi) is 6.64. The van der Waals surface area contributed by atoms with Crippen molar-refractivity contribution in [2.45, 2.75) is 58.5 Å². The Labute approximate surface area is 136 Å². The van der Waals surface area contributed by atoms with Crippen molar-refractivity contribution < 1.29 is 9.90 Å². The van der Waals surface area contributed by atoms with E-state index in [1.807, 2.05) is 13.8 Å². The van der Waals surface area contributed by atoms with Gasteiger partial charge in [0.1, 0.15) is 0 Å². The van der Waals surface area contributed by atoms with E-state index in [0.717, 1.165) is 17.8 Å². The van der Waals surface area contributed by atoms with Crippen molar-refractivity contribution in [1.29, 1.82) is 0 Å². The molecule has 1 aliphatic rings. The monoisotopic (exact) mass is 325 g/mol. The van der Waals surface area contributed by atoms with E-state index in [4.69, 9.17) is 0 Å². The average Bonchev–Trinajstić information content (AvgIpc) is 2.89. The molecular weight excluding hydrogens is 298 g/mol. The molecule has 0 spiro atoms. The Morgan fingerprint density at radius 1 is 1.27 bits per heavy atom. The van der Waals surface area contributed by atoms with Crippen LogP contribution in [0.15, 0.2) is 0 Å². The summed E-state index contributed by atoms with van der Waals surface area (Å²) >= 11 is 1.80. The maximum Gasteiger partial charge on any atom is 0.314 e. The van der Waals surface area contributed by atoms with E-state index in [2.05, 4.69) is 15.6 Å². The molecule has 3 N–H and O–H groups in total. The van der Waals surface area contributed by atoms with E-state index in [0.29, 0.717) is 19.5 Å². The number of fused-ring (bicyclic) bond motifs is 1. The van der Waals surface area contributed by atoms with Gasteiger partial charge >= 0.3 is 6.03 Å². The van der Waals surface area contributed by atoms with Gasteiger partial charge in [-0.3, -0.25) is 0 Å². The number of aliphatic hydroxyl groups is 1. The second-order valence-corrected chi connectivity index (χ2v) is 7.39. The van der Waals surface area contributed by atoms with Gasteiger partial charge in [-0.1, -0.05) is 13.8 Å². The summed E-state index contributed by atoms with van der Waals surface area (Å²) in [7, 11) is 0. The highest BCUT2D eigenvalue weighted by Gasteiger charge is 2.15. The first-order valence-corrected chi connectivity index (χ1v) is 9.05. The number of rotatable bonds is 7. The van der Waals surface area contributed by atoms with Gasteiger partial charge in [0.15, 0.2) is 0 Å². The Morgan fingerprint density at radius 2 is 2.00 bits per heavy atom. The van der Waals surface area contributed by atoms with Crippen molar-refractivity contribution in [3.8, 4) is 0 Å². The number of thiazole rings is 1. The smallest absolute Gasteiger partial charge is 0.314 e. The number of aliphatic hydroxyl groups excluding tert-OH is 1. The number of hydrogen-bond acceptors (Lipinski definition) is 4. The molecule has 1 heterocycles. The first-order chi connectivity index (χ1) is 10.6. The third kappa shape index (κ3) is 5.25. The van der Waals surface area contributed by atoms with E-state index in [1.165, 1.54) is 29.8 Å². The lowest BCUT2D eigenvalue weighted by Crippen LogP contribution is -2.38. The zero-order valence-electron chi connectivity index (χ0n) is 13.5. The molecule has 0 radical (unpaired) electrons. The highest BCUT2D eigenvalue weighted by Crippen LogP contribution is 2.26. The number of carbonyl (C=O) groups is 1. The van der Waals surface area contributed by atoms with Crippen LogP contribution >= 0.6 is 11.3 Å². The van der Waals surface area contributed by atoms with Crippen LogP contribution < -0.4 is 10.6 Å². The Hall–Kier alpha value is -1.14. The Bertz CT molecular complexity index is 464. The molecule has 0 bridgehead atoms. The summed E-state index contributed by atoms with van der Waals surface area (Å²) in [5.74, 6) is 0.223. The lowest BCUT2D eigenvalue weighted by Gasteiger charge is -2.14. The van der Waals surface area contributed by atoms with Gasteiger partial charge in [0.25, 0.3) is 0 Å². The fourth-order valence-electron chi connectivity index (χ4n) is 2.52. The molecule has 1 aromatic rings. The summed E-state index contributed by atoms with van der Waals surface area (Å²) < 4.78 is 0. The molecule has 0 fully saturated rings. The first-order valence-electron chi connectivity index (χ1n) is 8.23. The van der Waals surface area contributed by atoms with E-state index >= 15 is 0 Å². The summed E-state index contributed by atoms with van der Waals surface area (Å²) in [4.78, 5) is 17.8. The van der Waals surface area contributed by atoms with Gasteiger partial charge < -0.3 is 15.7 Å². The van der Waals surface area contributed by atoms with Crippen molar-refractivity contribution in [1.82, 2.24) is 15.6 Å². The van der Waals surface area contributed by atoms with Crippen LogP contribution in [0.1, 0.15) is 48.7 Å². The number of urea groups is 1. The van der Waals surface area contributed by atoms with Gasteiger partial charge in [-0.05, 0) is 38.0 Å². The SMILES string of the molecule is CC(C)C(O)CCNC(=O)NCCc1nc2c(s1)CCCC2. The molecule has 6 heteroatoms. The predicted octanol–water partition coefficient (Wildman–Crippen LogP) is 2.27. The maximum absolute atomic E-state index is 11.7. The van der Waals surface area contributed by atoms with Crippen molar-refractivity contribution in [2.75, 3.05) is 13.1 Å². The fourth-order valence-corrected chi connectivity index (χ4v) is 3.68. The van der Waals surface area contributed by atoms with Crippen molar-refractivity contribution in [3.05, 3.63) is 15.6 Å². The van der Waals surface area contributed by atoms with Crippen LogP contribution in [-0.2, 0) is 19.3 Å². The van der Waals surface area contributed by atoms with Crippen molar-refractivity contribution >= 4 is 17.4 Å². The molecule has 1 aliphatic carbocycles. The molecule has 22 heavy (non-hydrogen) atoms. The predicted molar refractivity (Wildman–Crippen MR) is 89.3 cm³/mol. The van der Waals surface area contributed by atoms with Crippen LogP contribution in [0.3, 0.4) is 0 Å². The zero-order valence-corrected chi connectivity index (χ0v) is 14.3. The number of carbonyl (C=O) groups excluding carboxylic acids is 1. The molecule has 0 saturated carbocycles. The molecule has 1 unspecified atom stereocenters. The molecule has 0 aliphatic heterocycles. The Morgan fingerprint density at radius 3 is 2.73 bits per heavy atom. The van der Waals surface area contributed by atoms with E-state index in [-0.39, 0.29) is 18.1 Å². The van der Waals surface area contributed by atoms with Gasteiger partial charge in [-0.25, -0.2) is 9.78 Å². The topological polar surface area (TPSA) is 74.2 Å². The van der Waals surface area contributed by atoms with E-state index < -0.39 is 0 Å². The number of aromatic nitrogens is 1. The normalized spacial score (nSPS) is 15.5. The molecule has 0 saturated heterocycles. The molecule has 2 rings (SSSR count). The van der Waals surface area contributed by atoms with Crippen molar-refractivity contribution in [3.63, 3.8) is 0 Å². The summed E-state index contributed by atoms with van der Waals surface area (Å²) in [6.07, 6.45) is 5.82. The Balaban J connectivity index is 1.61. The molecule has 5 nitrogen and oxygen atoms in total. The minimum absolute atomic E-state index is 0.169. The van der Waals surface area contributed by atoms with Gasteiger partial charge in [0, 0.05) is 24.4 Å². The van der Waals surface area contributed by atoms with Gasteiger partial charge in [-0.2, -0.15) is 0 Å². The highest BCUT2D eigenvalue weighted by molar-refractivity contribution is 7.11.